The minimum absolute atomic E-state index is 0.201. The highest BCUT2D eigenvalue weighted by Crippen LogP contribution is 2.40. The van der Waals surface area contributed by atoms with Gasteiger partial charge in [-0.2, -0.15) is 4.98 Å². The van der Waals surface area contributed by atoms with Gasteiger partial charge < -0.3 is 13.7 Å². The minimum Gasteiger partial charge on any atom is -0.465 e. The summed E-state index contributed by atoms with van der Waals surface area (Å²) in [5.41, 5.74) is 3.90. The van der Waals surface area contributed by atoms with E-state index in [9.17, 15) is 9.59 Å². The average Bonchev–Trinajstić information content (AvgIpc) is 3.64. The van der Waals surface area contributed by atoms with Gasteiger partial charge in [0.2, 0.25) is 5.89 Å². The van der Waals surface area contributed by atoms with Crippen LogP contribution in [-0.4, -0.2) is 32.6 Å². The number of pyridine rings is 1. The number of fused-ring (bicyclic) bond motifs is 1. The first-order valence-corrected chi connectivity index (χ1v) is 12.6. The van der Waals surface area contributed by atoms with Crippen LogP contribution >= 0.6 is 11.8 Å². The summed E-state index contributed by atoms with van der Waals surface area (Å²) in [6, 6.07) is 9.70. The summed E-state index contributed by atoms with van der Waals surface area (Å²) >= 11 is 1.40. The Hall–Kier alpha value is -3.46. The van der Waals surface area contributed by atoms with Crippen LogP contribution in [0.3, 0.4) is 0 Å². The summed E-state index contributed by atoms with van der Waals surface area (Å²) in [5, 5.41) is 0.729. The molecule has 1 fully saturated rings. The summed E-state index contributed by atoms with van der Waals surface area (Å²) in [5.74, 6) is 1.52. The molecule has 0 radical (unpaired) electrons. The number of carbonyl (C=O) groups is 1. The lowest BCUT2D eigenvalue weighted by Gasteiger charge is -2.15. The van der Waals surface area contributed by atoms with Gasteiger partial charge in [-0.3, -0.25) is 4.79 Å². The Balaban J connectivity index is 1.52. The van der Waals surface area contributed by atoms with E-state index in [0.717, 1.165) is 35.6 Å². The number of carbonyl (C=O) groups excluding carboxylic acids is 1. The van der Waals surface area contributed by atoms with Crippen molar-refractivity contribution in [1.29, 1.82) is 0 Å². The number of oxazole rings is 1. The fourth-order valence-electron chi connectivity index (χ4n) is 4.02. The highest BCUT2D eigenvalue weighted by Gasteiger charge is 2.29. The lowest BCUT2D eigenvalue weighted by Crippen LogP contribution is -2.20. The van der Waals surface area contributed by atoms with Gasteiger partial charge in [-0.05, 0) is 51.8 Å². The zero-order valence-electron chi connectivity index (χ0n) is 20.1. The van der Waals surface area contributed by atoms with E-state index in [2.05, 4.69) is 9.97 Å². The van der Waals surface area contributed by atoms with Gasteiger partial charge in [-0.1, -0.05) is 29.5 Å². The topological polar surface area (TPSA) is 100 Å². The van der Waals surface area contributed by atoms with Crippen LogP contribution in [-0.2, 0) is 17.0 Å². The number of hydrogen-bond acceptors (Lipinski definition) is 8. The van der Waals surface area contributed by atoms with Crippen LogP contribution in [0.1, 0.15) is 58.8 Å². The van der Waals surface area contributed by atoms with Crippen molar-refractivity contribution in [2.75, 3.05) is 7.11 Å². The molecule has 1 aliphatic carbocycles. The molecule has 0 amide bonds. The highest BCUT2D eigenvalue weighted by atomic mass is 32.2. The maximum Gasteiger partial charge on any atom is 0.338 e. The number of methoxy groups -OCH3 is 1. The van der Waals surface area contributed by atoms with E-state index in [1.807, 2.05) is 49.6 Å². The molecule has 0 atom stereocenters. The molecular weight excluding hydrogens is 464 g/mol. The summed E-state index contributed by atoms with van der Waals surface area (Å²) in [6.45, 7) is 6.43. The molecule has 0 N–H and O–H groups in total. The normalized spacial score (nSPS) is 13.4. The molecule has 3 aromatic heterocycles. The van der Waals surface area contributed by atoms with Gasteiger partial charge in [0.25, 0.3) is 5.56 Å². The van der Waals surface area contributed by atoms with Crippen molar-refractivity contribution < 1.29 is 13.9 Å². The number of esters is 1. The molecule has 0 unspecified atom stereocenters. The van der Waals surface area contributed by atoms with E-state index in [0.29, 0.717) is 34.9 Å². The van der Waals surface area contributed by atoms with Gasteiger partial charge in [0.1, 0.15) is 11.4 Å². The van der Waals surface area contributed by atoms with Crippen LogP contribution in [0, 0.1) is 13.8 Å². The Morgan fingerprint density at radius 3 is 2.57 bits per heavy atom. The SMILES string of the molecule is CCn1c(SCc2nc(-c3ccc(C)cc3)oc2C)nc(=O)c2c(C(=O)OC)cc(C3CC3)nc21. The Bertz CT molecular complexity index is 1490. The van der Waals surface area contributed by atoms with Crippen LogP contribution in [0.5, 0.6) is 0 Å². The number of hydrogen-bond donors (Lipinski definition) is 0. The zero-order valence-corrected chi connectivity index (χ0v) is 20.9. The first kappa shape index (κ1) is 23.3. The standard InChI is InChI=1S/C26H26N4O4S/c1-5-30-22-21(18(25(32)33-4)12-19(27-22)16-10-11-16)23(31)29-26(30)35-13-20-15(3)34-24(28-20)17-8-6-14(2)7-9-17/h6-9,12,16H,5,10-11,13H2,1-4H3. The van der Waals surface area contributed by atoms with Gasteiger partial charge in [-0.15, -0.1) is 0 Å². The zero-order chi connectivity index (χ0) is 24.7. The number of rotatable bonds is 7. The lowest BCUT2D eigenvalue weighted by atomic mass is 10.1. The van der Waals surface area contributed by atoms with Crippen LogP contribution in [0.4, 0.5) is 0 Å². The molecule has 3 heterocycles. The third kappa shape index (κ3) is 4.48. The molecular formula is C26H26N4O4S. The quantitative estimate of drug-likeness (QED) is 0.202. The molecule has 4 aromatic rings. The first-order valence-electron chi connectivity index (χ1n) is 11.6. The summed E-state index contributed by atoms with van der Waals surface area (Å²) in [6.07, 6.45) is 2.05. The van der Waals surface area contributed by atoms with Gasteiger partial charge in [0, 0.05) is 29.5 Å². The van der Waals surface area contributed by atoms with Crippen molar-refractivity contribution in [3.8, 4) is 11.5 Å². The van der Waals surface area contributed by atoms with Crippen LogP contribution < -0.4 is 5.56 Å². The van der Waals surface area contributed by atoms with Crippen molar-refractivity contribution >= 4 is 28.8 Å². The van der Waals surface area contributed by atoms with Crippen LogP contribution in [0.15, 0.2) is 44.7 Å². The minimum atomic E-state index is -0.553. The second-order valence-corrected chi connectivity index (χ2v) is 9.62. The third-order valence-electron chi connectivity index (χ3n) is 6.16. The number of aromatic nitrogens is 4. The number of ether oxygens (including phenoxy) is 1. The Morgan fingerprint density at radius 1 is 1.17 bits per heavy atom. The van der Waals surface area contributed by atoms with Crippen LogP contribution in [0.25, 0.3) is 22.5 Å². The Kier molecular flexibility index (Phi) is 6.19. The molecule has 1 saturated carbocycles. The molecule has 180 valence electrons. The molecule has 9 heteroatoms. The summed E-state index contributed by atoms with van der Waals surface area (Å²) in [7, 11) is 1.31. The largest absolute Gasteiger partial charge is 0.465 e. The Morgan fingerprint density at radius 2 is 1.91 bits per heavy atom. The number of aryl methyl sites for hydroxylation is 3. The highest BCUT2D eigenvalue weighted by molar-refractivity contribution is 7.98. The van der Waals surface area contributed by atoms with Gasteiger partial charge in [-0.25, -0.2) is 14.8 Å². The average molecular weight is 491 g/mol. The van der Waals surface area contributed by atoms with E-state index < -0.39 is 11.5 Å². The summed E-state index contributed by atoms with van der Waals surface area (Å²) in [4.78, 5) is 39.4. The molecule has 0 bridgehead atoms. The second-order valence-electron chi connectivity index (χ2n) is 8.68. The van der Waals surface area contributed by atoms with Gasteiger partial charge in [0.15, 0.2) is 5.16 Å². The van der Waals surface area contributed by atoms with Crippen molar-refractivity contribution in [3.05, 3.63) is 69.0 Å². The summed E-state index contributed by atoms with van der Waals surface area (Å²) < 4.78 is 12.7. The van der Waals surface area contributed by atoms with Gasteiger partial charge in [0.05, 0.1) is 23.8 Å². The first-order chi connectivity index (χ1) is 16.9. The van der Waals surface area contributed by atoms with E-state index in [1.165, 1.54) is 24.4 Å². The van der Waals surface area contributed by atoms with Crippen molar-refractivity contribution in [2.24, 2.45) is 0 Å². The number of thioether (sulfide) groups is 1. The van der Waals surface area contributed by atoms with E-state index >= 15 is 0 Å². The van der Waals surface area contributed by atoms with E-state index in [1.54, 1.807) is 6.07 Å². The van der Waals surface area contributed by atoms with Crippen molar-refractivity contribution in [2.45, 2.75) is 57.0 Å². The molecule has 1 aromatic carbocycles. The molecule has 0 spiro atoms. The predicted molar refractivity (Wildman–Crippen MR) is 134 cm³/mol. The fourth-order valence-corrected chi connectivity index (χ4v) is 5.07. The predicted octanol–water partition coefficient (Wildman–Crippen LogP) is 5.04. The molecule has 1 aliphatic rings. The van der Waals surface area contributed by atoms with E-state index in [-0.39, 0.29) is 10.9 Å². The Labute approximate surface area is 206 Å². The van der Waals surface area contributed by atoms with Crippen molar-refractivity contribution in [3.63, 3.8) is 0 Å². The molecule has 0 saturated heterocycles. The van der Waals surface area contributed by atoms with Crippen molar-refractivity contribution in [1.82, 2.24) is 19.5 Å². The third-order valence-corrected chi connectivity index (χ3v) is 7.15. The van der Waals surface area contributed by atoms with Crippen LogP contribution in [0.2, 0.25) is 0 Å². The number of benzene rings is 1. The fraction of sp³-hybridized carbons (Fsp3) is 0.346. The number of nitrogens with zero attached hydrogens (tertiary/aromatic N) is 4. The van der Waals surface area contributed by atoms with E-state index in [4.69, 9.17) is 14.1 Å². The van der Waals surface area contributed by atoms with Gasteiger partial charge >= 0.3 is 5.97 Å². The maximum absolute atomic E-state index is 13.1. The maximum atomic E-state index is 13.1. The smallest absolute Gasteiger partial charge is 0.338 e. The molecule has 35 heavy (non-hydrogen) atoms. The second kappa shape index (κ2) is 9.30. The molecule has 0 aliphatic heterocycles. The molecule has 8 nitrogen and oxygen atoms in total. The lowest BCUT2D eigenvalue weighted by molar-refractivity contribution is 0.0602. The molecule has 5 rings (SSSR count). The monoisotopic (exact) mass is 490 g/mol.